The van der Waals surface area contributed by atoms with Crippen LogP contribution in [0.3, 0.4) is 0 Å². The van der Waals surface area contributed by atoms with Crippen LogP contribution in [0.2, 0.25) is 0 Å². The van der Waals surface area contributed by atoms with Crippen LogP contribution in [0.5, 0.6) is 0 Å². The highest BCUT2D eigenvalue weighted by Gasteiger charge is 2.56. The summed E-state index contributed by atoms with van der Waals surface area (Å²) in [4.78, 5) is 39.1. The maximum Gasteiger partial charge on any atom is 0.336 e. The van der Waals surface area contributed by atoms with E-state index in [0.717, 1.165) is 0 Å². The largest absolute Gasteiger partial charge is 0.467 e. The molecule has 0 aliphatic carbocycles. The van der Waals surface area contributed by atoms with E-state index in [1.165, 1.54) is 30.6 Å². The van der Waals surface area contributed by atoms with Crippen LogP contribution in [0.1, 0.15) is 74.7 Å². The average Bonchev–Trinajstić information content (AvgIpc) is 3.14. The Hall–Kier alpha value is -1.18. The van der Waals surface area contributed by atoms with Gasteiger partial charge in [-0.2, -0.15) is 11.8 Å². The molecule has 2 aliphatic heterocycles. The Labute approximate surface area is 276 Å². The molecule has 7 unspecified atom stereocenters. The number of ether oxygens (including phenoxy) is 6. The Bertz CT molecular complexity index is 1020. The number of rotatable bonds is 15. The number of methoxy groups -OCH3 is 1. The van der Waals surface area contributed by atoms with Gasteiger partial charge in [0.25, 0.3) is 0 Å². The minimum atomic E-state index is -1.03. The SMILES string of the molecule is C=C(C)C(=O)OC1(CC)C(CCSC2C(C(=O)OC)OCSCC2(OC(=O)C(=C)C)C(C)C)CC(OC(C)C)SC1OCC. The fourth-order valence-electron chi connectivity index (χ4n) is 5.52. The van der Waals surface area contributed by atoms with Gasteiger partial charge in [0.15, 0.2) is 11.7 Å². The van der Waals surface area contributed by atoms with Crippen LogP contribution < -0.4 is 0 Å². The molecule has 7 atom stereocenters. The normalized spacial score (nSPS) is 30.8. The van der Waals surface area contributed by atoms with Gasteiger partial charge in [0.2, 0.25) is 0 Å². The van der Waals surface area contributed by atoms with E-state index in [-0.39, 0.29) is 34.9 Å². The molecule has 2 heterocycles. The van der Waals surface area contributed by atoms with E-state index < -0.39 is 45.9 Å². The molecule has 0 aromatic heterocycles. The van der Waals surface area contributed by atoms with E-state index in [2.05, 4.69) is 13.2 Å². The molecule has 0 spiro atoms. The summed E-state index contributed by atoms with van der Waals surface area (Å²) in [6, 6.07) is 0. The van der Waals surface area contributed by atoms with Gasteiger partial charge in [-0.15, -0.1) is 11.8 Å². The molecular weight excluding hydrogens is 625 g/mol. The summed E-state index contributed by atoms with van der Waals surface area (Å²) < 4.78 is 36.2. The van der Waals surface area contributed by atoms with E-state index in [9.17, 15) is 14.4 Å². The summed E-state index contributed by atoms with van der Waals surface area (Å²) in [6.07, 6.45) is 0.847. The molecule has 0 amide bonds. The van der Waals surface area contributed by atoms with Crippen LogP contribution in [0, 0.1) is 11.8 Å². The second kappa shape index (κ2) is 17.7. The zero-order valence-corrected chi connectivity index (χ0v) is 30.3. The summed E-state index contributed by atoms with van der Waals surface area (Å²) in [7, 11) is 1.33. The molecular formula is C32H52O9S3. The van der Waals surface area contributed by atoms with Gasteiger partial charge < -0.3 is 28.4 Å². The van der Waals surface area contributed by atoms with Crippen molar-refractivity contribution in [2.24, 2.45) is 11.8 Å². The average molecular weight is 677 g/mol. The van der Waals surface area contributed by atoms with Crippen molar-refractivity contribution in [3.05, 3.63) is 24.3 Å². The van der Waals surface area contributed by atoms with Gasteiger partial charge >= 0.3 is 17.9 Å². The highest BCUT2D eigenvalue weighted by molar-refractivity contribution is 8.01. The predicted octanol–water partition coefficient (Wildman–Crippen LogP) is 6.39. The lowest BCUT2D eigenvalue weighted by molar-refractivity contribution is -0.182. The molecule has 252 valence electrons. The van der Waals surface area contributed by atoms with Crippen LogP contribution in [-0.4, -0.2) is 88.6 Å². The molecule has 0 aromatic carbocycles. The van der Waals surface area contributed by atoms with E-state index in [1.54, 1.807) is 25.6 Å². The lowest BCUT2D eigenvalue weighted by Gasteiger charge is -2.50. The first kappa shape index (κ1) is 39.0. The number of thioether (sulfide) groups is 3. The Balaban J connectivity index is 2.52. The van der Waals surface area contributed by atoms with Crippen LogP contribution >= 0.6 is 35.3 Å². The van der Waals surface area contributed by atoms with Crippen molar-refractivity contribution in [3.8, 4) is 0 Å². The topological polar surface area (TPSA) is 107 Å². The molecule has 0 saturated carbocycles. The molecule has 9 nitrogen and oxygen atoms in total. The third-order valence-electron chi connectivity index (χ3n) is 7.99. The van der Waals surface area contributed by atoms with Crippen LogP contribution in [0.25, 0.3) is 0 Å². The highest BCUT2D eigenvalue weighted by atomic mass is 32.2. The molecule has 2 fully saturated rings. The Morgan fingerprint density at radius 2 is 1.68 bits per heavy atom. The third-order valence-corrected chi connectivity index (χ3v) is 11.8. The summed E-state index contributed by atoms with van der Waals surface area (Å²) in [6.45, 7) is 23.2. The van der Waals surface area contributed by atoms with Crippen molar-refractivity contribution in [3.63, 3.8) is 0 Å². The molecule has 2 aliphatic rings. The molecule has 0 N–H and O–H groups in total. The molecule has 2 rings (SSSR count). The number of carbonyl (C=O) groups excluding carboxylic acids is 3. The van der Waals surface area contributed by atoms with E-state index in [0.29, 0.717) is 42.9 Å². The zero-order valence-electron chi connectivity index (χ0n) is 27.8. The van der Waals surface area contributed by atoms with Crippen molar-refractivity contribution in [1.29, 1.82) is 0 Å². The smallest absolute Gasteiger partial charge is 0.336 e. The van der Waals surface area contributed by atoms with Gasteiger partial charge in [-0.05, 0) is 65.6 Å². The van der Waals surface area contributed by atoms with Crippen LogP contribution in [0.15, 0.2) is 24.3 Å². The van der Waals surface area contributed by atoms with Crippen LogP contribution in [-0.2, 0) is 42.8 Å². The van der Waals surface area contributed by atoms with Crippen molar-refractivity contribution < 1.29 is 42.8 Å². The minimum Gasteiger partial charge on any atom is -0.467 e. The predicted molar refractivity (Wildman–Crippen MR) is 179 cm³/mol. The number of hydrogen-bond donors (Lipinski definition) is 0. The van der Waals surface area contributed by atoms with E-state index in [4.69, 9.17) is 28.4 Å². The maximum atomic E-state index is 13.1. The van der Waals surface area contributed by atoms with Crippen molar-refractivity contribution in [2.75, 3.05) is 31.2 Å². The van der Waals surface area contributed by atoms with Gasteiger partial charge in [-0.25, -0.2) is 14.4 Å². The molecule has 44 heavy (non-hydrogen) atoms. The zero-order chi connectivity index (χ0) is 33.2. The van der Waals surface area contributed by atoms with Gasteiger partial charge in [0, 0.05) is 29.4 Å². The Kier molecular flexibility index (Phi) is 15.7. The first-order chi connectivity index (χ1) is 20.7. The van der Waals surface area contributed by atoms with Gasteiger partial charge in [-0.3, -0.25) is 0 Å². The van der Waals surface area contributed by atoms with E-state index >= 15 is 0 Å². The van der Waals surface area contributed by atoms with Crippen LogP contribution in [0.4, 0.5) is 0 Å². The molecule has 0 aromatic rings. The summed E-state index contributed by atoms with van der Waals surface area (Å²) in [5.41, 5.74) is -1.95. The Morgan fingerprint density at radius 1 is 1.05 bits per heavy atom. The summed E-state index contributed by atoms with van der Waals surface area (Å²) in [5.74, 6) is -0.498. The van der Waals surface area contributed by atoms with E-state index in [1.807, 2.05) is 41.5 Å². The molecule has 0 bridgehead atoms. The van der Waals surface area contributed by atoms with Crippen molar-refractivity contribution in [1.82, 2.24) is 0 Å². The summed E-state index contributed by atoms with van der Waals surface area (Å²) in [5, 5.41) is -0.564. The van der Waals surface area contributed by atoms with Gasteiger partial charge in [0.1, 0.15) is 16.5 Å². The standard InChI is InChI=1S/C32H52O9S3/c1-12-31(40-27(33)19(3)4)23(16-24(39-22(9)10)44-30(31)37-13-2)14-15-43-26-25(29(35)36-11)38-18-42-17-32(26,21(7)8)41-28(34)20(5)6/h21-26,30H,3,5,12-18H2,1-2,4,6-11H3. The monoisotopic (exact) mass is 676 g/mol. The second-order valence-electron chi connectivity index (χ2n) is 11.9. The molecule has 2 saturated heterocycles. The summed E-state index contributed by atoms with van der Waals surface area (Å²) >= 11 is 4.54. The number of hydrogen-bond acceptors (Lipinski definition) is 12. The molecule has 0 radical (unpaired) electrons. The van der Waals surface area contributed by atoms with Gasteiger partial charge in [0.05, 0.1) is 24.4 Å². The first-order valence-corrected chi connectivity index (χ1v) is 18.4. The second-order valence-corrected chi connectivity index (χ2v) is 15.3. The number of carbonyl (C=O) groups is 3. The lowest BCUT2D eigenvalue weighted by atomic mass is 9.80. The highest BCUT2D eigenvalue weighted by Crippen LogP contribution is 2.51. The van der Waals surface area contributed by atoms with Crippen molar-refractivity contribution >= 4 is 53.2 Å². The molecule has 12 heteroatoms. The Morgan fingerprint density at radius 3 is 2.20 bits per heavy atom. The lowest BCUT2D eigenvalue weighted by Crippen LogP contribution is -2.58. The first-order valence-electron chi connectivity index (χ1n) is 15.3. The maximum absolute atomic E-state index is 13.1. The third kappa shape index (κ3) is 9.44. The number of esters is 3. The fourth-order valence-corrected chi connectivity index (χ4v) is 10.3. The quantitative estimate of drug-likeness (QED) is 0.109. The van der Waals surface area contributed by atoms with Gasteiger partial charge in [-0.1, -0.05) is 45.7 Å². The minimum absolute atomic E-state index is 0.00742. The fraction of sp³-hybridized carbons (Fsp3) is 0.781. The van der Waals surface area contributed by atoms with Crippen molar-refractivity contribution in [2.45, 2.75) is 114 Å².